The van der Waals surface area contributed by atoms with Gasteiger partial charge < -0.3 is 51.5 Å². The van der Waals surface area contributed by atoms with Crippen molar-refractivity contribution in [2.75, 3.05) is 34.5 Å². The number of carbonyl (C=O) groups is 2. The molecule has 1 N–H and O–H groups in total. The molecule has 3 aromatic carbocycles. The Bertz CT molecular complexity index is 2280. The highest BCUT2D eigenvalue weighted by atomic mass is 28.4. The van der Waals surface area contributed by atoms with Gasteiger partial charge >= 0.3 is 8.56 Å². The van der Waals surface area contributed by atoms with Crippen LogP contribution in [0.4, 0.5) is 0 Å². The highest BCUT2D eigenvalue weighted by Gasteiger charge is 2.84. The first-order valence-electron chi connectivity index (χ1n) is 21.6. The molecule has 3 aromatic rings. The van der Waals surface area contributed by atoms with Gasteiger partial charge in [-0.25, -0.2) is 0 Å². The zero-order valence-corrected chi connectivity index (χ0v) is 40.9. The highest BCUT2D eigenvalue weighted by molar-refractivity contribution is 6.75. The number of benzene rings is 3. The third-order valence-electron chi connectivity index (χ3n) is 14.2. The molecule has 62 heavy (non-hydrogen) atoms. The molecule has 3 fully saturated rings. The van der Waals surface area contributed by atoms with Crippen molar-refractivity contribution in [1.82, 2.24) is 0 Å². The molecular formula is C47H64O13Si2. The van der Waals surface area contributed by atoms with E-state index in [2.05, 4.69) is 75.4 Å². The van der Waals surface area contributed by atoms with Gasteiger partial charge in [0, 0.05) is 40.1 Å². The molecule has 4 aliphatic heterocycles. The Morgan fingerprint density at radius 2 is 1.48 bits per heavy atom. The number of ketones is 2. The Balaban J connectivity index is 1.41. The van der Waals surface area contributed by atoms with Gasteiger partial charge in [0.05, 0.1) is 51.1 Å². The zero-order valence-electron chi connectivity index (χ0n) is 38.9. The van der Waals surface area contributed by atoms with Crippen LogP contribution in [0.2, 0.25) is 28.2 Å². The minimum Gasteiger partial charge on any atom is -0.510 e. The van der Waals surface area contributed by atoms with Crippen molar-refractivity contribution >= 4 is 39.2 Å². The van der Waals surface area contributed by atoms with Crippen molar-refractivity contribution in [1.29, 1.82) is 0 Å². The highest BCUT2D eigenvalue weighted by Crippen LogP contribution is 2.66. The molecule has 5 aliphatic rings. The molecule has 7 atom stereocenters. The summed E-state index contributed by atoms with van der Waals surface area (Å²) in [6.45, 7) is 25.2. The largest absolute Gasteiger partial charge is 0.510 e. The Labute approximate surface area is 367 Å². The summed E-state index contributed by atoms with van der Waals surface area (Å²) in [6, 6.07) is 9.70. The fourth-order valence-electron chi connectivity index (χ4n) is 10.1. The van der Waals surface area contributed by atoms with Crippen LogP contribution in [0.5, 0.6) is 23.0 Å². The number of aliphatic hydroxyl groups is 1. The van der Waals surface area contributed by atoms with E-state index in [-0.39, 0.29) is 36.2 Å². The SMILES string of the molecule is COc1ccc(CO[C@H]2C[C@H](O[Si](C)(C)C(C)(C)C)C(=O)c3c2c(OC)c2cc(C)c(C4OC5(C(CO)OC)OC4C(=O)[C@@]54CO4)c4c2c3O[Si](C(C)(C)C)(C(C)(C)C)O4)cc1. The van der Waals surface area contributed by atoms with Gasteiger partial charge in [-0.15, -0.1) is 0 Å². The number of ether oxygens (including phenoxy) is 7. The molecule has 13 nitrogen and oxygen atoms in total. The number of rotatable bonds is 11. The normalized spacial score (nSPS) is 28.2. The quantitative estimate of drug-likeness (QED) is 0.145. The van der Waals surface area contributed by atoms with Gasteiger partial charge in [0.25, 0.3) is 0 Å². The lowest BCUT2D eigenvalue weighted by molar-refractivity contribution is -0.259. The molecule has 15 heteroatoms. The standard InChI is InChI=1S/C47H64O13Si2/c1-25-20-28-33-38(32(25)40-41-42(50)46(24-55-46)47(56-40,57-41)31(22-48)52-12)59-62(44(5,6)7,45(8,9)10)60-39(33)35-34(37(28)53-13)29(54-23-26-16-18-27(51-11)19-17-26)21-30(36(35)49)58-61(14,15)43(2,3)4/h16-20,29-31,40-41,48H,21-24H2,1-15H3/t29-,30-,31?,40?,41?,46-,47?/m0/s1. The summed E-state index contributed by atoms with van der Waals surface area (Å²) in [6.07, 6.45) is -4.30. The number of carbonyl (C=O) groups excluding carboxylic acids is 2. The minimum atomic E-state index is -3.59. The van der Waals surface area contributed by atoms with Crippen LogP contribution in [0.1, 0.15) is 114 Å². The van der Waals surface area contributed by atoms with Crippen LogP contribution in [0.3, 0.4) is 0 Å². The zero-order chi connectivity index (χ0) is 45.3. The maximum Gasteiger partial charge on any atom is 0.471 e. The lowest BCUT2D eigenvalue weighted by Crippen LogP contribution is -2.64. The first kappa shape index (κ1) is 45.2. The van der Waals surface area contributed by atoms with Gasteiger partial charge in [-0.1, -0.05) is 74.4 Å². The summed E-state index contributed by atoms with van der Waals surface area (Å²) in [5.74, 6) is -0.149. The van der Waals surface area contributed by atoms with Crippen molar-refractivity contribution in [2.24, 2.45) is 0 Å². The summed E-state index contributed by atoms with van der Waals surface area (Å²) in [4.78, 5) is 29.9. The van der Waals surface area contributed by atoms with E-state index in [1.807, 2.05) is 37.3 Å². The number of hydrogen-bond acceptors (Lipinski definition) is 13. The van der Waals surface area contributed by atoms with E-state index in [0.29, 0.717) is 44.7 Å². The van der Waals surface area contributed by atoms with Crippen LogP contribution < -0.4 is 18.3 Å². The third kappa shape index (κ3) is 6.38. The molecule has 338 valence electrons. The fraction of sp³-hybridized carbons (Fsp3) is 0.617. The van der Waals surface area contributed by atoms with Crippen molar-refractivity contribution < 1.29 is 61.1 Å². The minimum absolute atomic E-state index is 0.0856. The van der Waals surface area contributed by atoms with Crippen LogP contribution >= 0.6 is 0 Å². The Hall–Kier alpha value is -3.39. The number of Topliss-reactive ketones (excluding diaryl/α,β-unsaturated/α-hetero) is 2. The van der Waals surface area contributed by atoms with Crippen molar-refractivity contribution in [3.8, 4) is 23.0 Å². The second kappa shape index (κ2) is 14.8. The summed E-state index contributed by atoms with van der Waals surface area (Å²) in [5, 5.41) is 10.4. The van der Waals surface area contributed by atoms with Crippen LogP contribution in [0.25, 0.3) is 10.8 Å². The average Bonchev–Trinajstić information content (AvgIpc) is 3.86. The van der Waals surface area contributed by atoms with Gasteiger partial charge in [-0.2, -0.15) is 0 Å². The Morgan fingerprint density at radius 1 is 0.871 bits per heavy atom. The van der Waals surface area contributed by atoms with E-state index in [1.165, 1.54) is 7.11 Å². The Morgan fingerprint density at radius 3 is 2.02 bits per heavy atom. The number of hydrogen-bond donors (Lipinski definition) is 1. The van der Waals surface area contributed by atoms with E-state index in [9.17, 15) is 9.90 Å². The van der Waals surface area contributed by atoms with Gasteiger partial charge in [0.15, 0.2) is 20.2 Å². The van der Waals surface area contributed by atoms with E-state index in [1.54, 1.807) is 14.2 Å². The van der Waals surface area contributed by atoms with E-state index in [0.717, 1.165) is 16.9 Å². The van der Waals surface area contributed by atoms with Crippen LogP contribution in [-0.2, 0) is 39.5 Å². The number of methoxy groups -OCH3 is 3. The predicted octanol–water partition coefficient (Wildman–Crippen LogP) is 8.73. The maximum atomic E-state index is 15.6. The molecule has 3 saturated heterocycles. The third-order valence-corrected chi connectivity index (χ3v) is 23.7. The number of aliphatic hydroxyl groups excluding tert-OH is 1. The Kier molecular flexibility index (Phi) is 10.8. The van der Waals surface area contributed by atoms with Gasteiger partial charge in [-0.3, -0.25) is 9.59 Å². The molecule has 0 radical (unpaired) electrons. The predicted molar refractivity (Wildman–Crippen MR) is 236 cm³/mol. The molecule has 4 heterocycles. The molecule has 4 unspecified atom stereocenters. The molecule has 1 aliphatic carbocycles. The number of epoxide rings is 1. The van der Waals surface area contributed by atoms with Crippen LogP contribution in [0.15, 0.2) is 30.3 Å². The summed E-state index contributed by atoms with van der Waals surface area (Å²) in [7, 11) is -1.45. The molecule has 0 amide bonds. The van der Waals surface area contributed by atoms with Crippen molar-refractivity contribution in [3.63, 3.8) is 0 Å². The lowest BCUT2D eigenvalue weighted by Gasteiger charge is -2.52. The number of fused-ring (bicyclic) bond motifs is 5. The maximum absolute atomic E-state index is 15.6. The van der Waals surface area contributed by atoms with Crippen LogP contribution in [-0.4, -0.2) is 97.8 Å². The molecule has 1 spiro atoms. The van der Waals surface area contributed by atoms with E-state index >= 15 is 4.79 Å². The fourth-order valence-corrected chi connectivity index (χ4v) is 15.9. The first-order chi connectivity index (χ1) is 28.9. The molecular weight excluding hydrogens is 829 g/mol. The smallest absolute Gasteiger partial charge is 0.471 e. The van der Waals surface area contributed by atoms with Crippen molar-refractivity contribution in [2.45, 2.75) is 152 Å². The van der Waals surface area contributed by atoms with Crippen LogP contribution in [0, 0.1) is 6.92 Å². The van der Waals surface area contributed by atoms with Crippen molar-refractivity contribution in [3.05, 3.63) is 58.1 Å². The summed E-state index contributed by atoms with van der Waals surface area (Å²) >= 11 is 0. The summed E-state index contributed by atoms with van der Waals surface area (Å²) in [5.41, 5.74) is 1.82. The van der Waals surface area contributed by atoms with Gasteiger partial charge in [0.2, 0.25) is 17.2 Å². The van der Waals surface area contributed by atoms with E-state index in [4.69, 9.17) is 46.4 Å². The second-order valence-electron chi connectivity index (χ2n) is 21.1. The molecule has 0 aromatic heterocycles. The second-order valence-corrected chi connectivity index (χ2v) is 30.5. The molecule has 8 rings (SSSR count). The summed E-state index contributed by atoms with van der Waals surface area (Å²) < 4.78 is 65.8. The monoisotopic (exact) mass is 892 g/mol. The molecule has 0 saturated carbocycles. The van der Waals surface area contributed by atoms with Gasteiger partial charge in [0.1, 0.15) is 41.3 Å². The van der Waals surface area contributed by atoms with Gasteiger partial charge in [-0.05, 0) is 54.4 Å². The molecule has 2 bridgehead atoms. The first-order valence-corrected chi connectivity index (χ1v) is 26.3. The van der Waals surface area contributed by atoms with E-state index < -0.39 is 75.5 Å². The lowest BCUT2D eigenvalue weighted by atomic mass is 9.80. The topological polar surface area (TPSA) is 150 Å². The number of aryl methyl sites for hydroxylation is 1. The average molecular weight is 893 g/mol.